The van der Waals surface area contributed by atoms with Crippen LogP contribution in [0.15, 0.2) is 46.2 Å². The van der Waals surface area contributed by atoms with Gasteiger partial charge in [-0.3, -0.25) is 24.3 Å². The lowest BCUT2D eigenvalue weighted by Crippen LogP contribution is -2.31. The highest BCUT2D eigenvalue weighted by Crippen LogP contribution is 2.32. The molecule has 1 amide bonds. The molecule has 1 aliphatic heterocycles. The van der Waals surface area contributed by atoms with Gasteiger partial charge >= 0.3 is 0 Å². The van der Waals surface area contributed by atoms with E-state index in [9.17, 15) is 28.1 Å². The zero-order valence-electron chi connectivity index (χ0n) is 18.6. The standard InChI is InChI=1S/C21H27N5O6S/c1-3-25(4-2)33(31,32)17-8-9-19(23-11-5-6-12-23)18(13-17)22-20(27)15-24-14-16(26(29)30)7-10-21(24)28/h7-10,13-14H,3-6,11-12,15H2,1-2H3,(H,22,27). The highest BCUT2D eigenvalue weighted by atomic mass is 32.2. The number of anilines is 2. The molecule has 0 spiro atoms. The van der Waals surface area contributed by atoms with Gasteiger partial charge in [0, 0.05) is 38.3 Å². The van der Waals surface area contributed by atoms with Crippen LogP contribution >= 0.6 is 0 Å². The molecule has 0 saturated carbocycles. The summed E-state index contributed by atoms with van der Waals surface area (Å²) in [6, 6.07) is 6.73. The third-order valence-corrected chi connectivity index (χ3v) is 7.57. The Morgan fingerprint density at radius 2 is 1.82 bits per heavy atom. The molecule has 1 aromatic carbocycles. The third kappa shape index (κ3) is 5.40. The summed E-state index contributed by atoms with van der Waals surface area (Å²) < 4.78 is 28.3. The molecule has 1 aliphatic rings. The third-order valence-electron chi connectivity index (χ3n) is 5.52. The average Bonchev–Trinajstić information content (AvgIpc) is 3.30. The first-order valence-electron chi connectivity index (χ1n) is 10.7. The molecule has 1 fully saturated rings. The van der Waals surface area contributed by atoms with Crippen molar-refractivity contribution in [3.63, 3.8) is 0 Å². The van der Waals surface area contributed by atoms with Crippen LogP contribution in [-0.4, -0.2) is 54.3 Å². The summed E-state index contributed by atoms with van der Waals surface area (Å²) in [4.78, 5) is 37.3. The van der Waals surface area contributed by atoms with E-state index in [1.165, 1.54) is 16.4 Å². The molecule has 12 heteroatoms. The number of aromatic nitrogens is 1. The van der Waals surface area contributed by atoms with Crippen LogP contribution in [0.3, 0.4) is 0 Å². The second-order valence-corrected chi connectivity index (χ2v) is 9.56. The van der Waals surface area contributed by atoms with E-state index in [2.05, 4.69) is 10.2 Å². The van der Waals surface area contributed by atoms with Crippen molar-refractivity contribution in [3.8, 4) is 0 Å². The van der Waals surface area contributed by atoms with Crippen LogP contribution in [0.4, 0.5) is 17.1 Å². The molecule has 3 rings (SSSR count). The number of hydrogen-bond acceptors (Lipinski definition) is 7. The number of hydrogen-bond donors (Lipinski definition) is 1. The van der Waals surface area contributed by atoms with Crippen molar-refractivity contribution in [3.05, 3.63) is 57.0 Å². The van der Waals surface area contributed by atoms with Gasteiger partial charge in [0.1, 0.15) is 6.54 Å². The predicted molar refractivity (Wildman–Crippen MR) is 124 cm³/mol. The summed E-state index contributed by atoms with van der Waals surface area (Å²) in [5.74, 6) is -0.601. The fourth-order valence-electron chi connectivity index (χ4n) is 3.82. The predicted octanol–water partition coefficient (Wildman–Crippen LogP) is 2.03. The summed E-state index contributed by atoms with van der Waals surface area (Å²) in [6.45, 7) is 5.21. The van der Waals surface area contributed by atoms with E-state index in [1.54, 1.807) is 19.9 Å². The number of carbonyl (C=O) groups is 1. The van der Waals surface area contributed by atoms with Gasteiger partial charge in [-0.1, -0.05) is 13.8 Å². The van der Waals surface area contributed by atoms with Crippen molar-refractivity contribution in [2.45, 2.75) is 38.1 Å². The molecule has 1 saturated heterocycles. The SMILES string of the molecule is CCN(CC)S(=O)(=O)c1ccc(N2CCCC2)c(NC(=O)Cn2cc([N+](=O)[O-])ccc2=O)c1. The second-order valence-electron chi connectivity index (χ2n) is 7.62. The summed E-state index contributed by atoms with van der Waals surface area (Å²) in [6.07, 6.45) is 2.97. The summed E-state index contributed by atoms with van der Waals surface area (Å²) >= 11 is 0. The minimum atomic E-state index is -3.75. The number of benzene rings is 1. The van der Waals surface area contributed by atoms with Crippen molar-refractivity contribution < 1.29 is 18.1 Å². The van der Waals surface area contributed by atoms with Crippen molar-refractivity contribution in [2.75, 3.05) is 36.4 Å². The smallest absolute Gasteiger partial charge is 0.285 e. The van der Waals surface area contributed by atoms with E-state index in [4.69, 9.17) is 0 Å². The fourth-order valence-corrected chi connectivity index (χ4v) is 5.30. The van der Waals surface area contributed by atoms with Crippen LogP contribution < -0.4 is 15.8 Å². The Balaban J connectivity index is 1.94. The van der Waals surface area contributed by atoms with Gasteiger partial charge in [-0.2, -0.15) is 4.31 Å². The topological polar surface area (TPSA) is 135 Å². The minimum Gasteiger partial charge on any atom is -0.370 e. The molecule has 0 aliphatic carbocycles. The van der Waals surface area contributed by atoms with Crippen molar-refractivity contribution >= 4 is 33.0 Å². The van der Waals surface area contributed by atoms with E-state index < -0.39 is 33.0 Å². The van der Waals surface area contributed by atoms with E-state index in [-0.39, 0.29) is 10.6 Å². The lowest BCUT2D eigenvalue weighted by atomic mass is 10.2. The highest BCUT2D eigenvalue weighted by molar-refractivity contribution is 7.89. The van der Waals surface area contributed by atoms with Crippen LogP contribution in [0.2, 0.25) is 0 Å². The van der Waals surface area contributed by atoms with Crippen LogP contribution in [0.1, 0.15) is 26.7 Å². The molecule has 33 heavy (non-hydrogen) atoms. The normalized spacial score (nSPS) is 14.0. The summed E-state index contributed by atoms with van der Waals surface area (Å²) in [7, 11) is -3.75. The number of nitrogens with zero attached hydrogens (tertiary/aromatic N) is 4. The Hall–Kier alpha value is -3.25. The number of pyridine rings is 1. The first-order chi connectivity index (χ1) is 15.7. The molecule has 0 radical (unpaired) electrons. The van der Waals surface area contributed by atoms with Crippen LogP contribution in [0.25, 0.3) is 0 Å². The maximum atomic E-state index is 13.0. The minimum absolute atomic E-state index is 0.0527. The summed E-state index contributed by atoms with van der Waals surface area (Å²) in [5, 5.41) is 13.7. The number of carbonyl (C=O) groups excluding carboxylic acids is 1. The van der Waals surface area contributed by atoms with E-state index in [0.29, 0.717) is 24.5 Å². The van der Waals surface area contributed by atoms with Crippen molar-refractivity contribution in [1.29, 1.82) is 0 Å². The second kappa shape index (κ2) is 10.1. The van der Waals surface area contributed by atoms with Gasteiger partial charge in [-0.25, -0.2) is 8.42 Å². The van der Waals surface area contributed by atoms with E-state index >= 15 is 0 Å². The largest absolute Gasteiger partial charge is 0.370 e. The molecular formula is C21H27N5O6S. The number of nitrogens with one attached hydrogen (secondary N) is 1. The zero-order chi connectivity index (χ0) is 24.2. The first kappa shape index (κ1) is 24.4. The molecule has 2 aromatic rings. The van der Waals surface area contributed by atoms with Gasteiger partial charge in [0.2, 0.25) is 15.9 Å². The Kier molecular flexibility index (Phi) is 7.49. The molecule has 2 heterocycles. The van der Waals surface area contributed by atoms with Crippen molar-refractivity contribution in [2.24, 2.45) is 0 Å². The Bertz CT molecular complexity index is 1200. The Morgan fingerprint density at radius 3 is 2.42 bits per heavy atom. The lowest BCUT2D eigenvalue weighted by molar-refractivity contribution is -0.385. The molecule has 11 nitrogen and oxygen atoms in total. The van der Waals surface area contributed by atoms with Gasteiger partial charge in [-0.15, -0.1) is 0 Å². The quantitative estimate of drug-likeness (QED) is 0.431. The Morgan fingerprint density at radius 1 is 1.15 bits per heavy atom. The maximum absolute atomic E-state index is 13.0. The van der Waals surface area contributed by atoms with Crippen LogP contribution in [-0.2, 0) is 21.4 Å². The average molecular weight is 478 g/mol. The van der Waals surface area contributed by atoms with Crippen molar-refractivity contribution in [1.82, 2.24) is 8.87 Å². The van der Waals surface area contributed by atoms with Crippen LogP contribution in [0, 0.1) is 10.1 Å². The monoisotopic (exact) mass is 477 g/mol. The molecule has 0 bridgehead atoms. The van der Waals surface area contributed by atoms with Gasteiger partial charge in [0.25, 0.3) is 11.2 Å². The van der Waals surface area contributed by atoms with Gasteiger partial charge < -0.3 is 10.2 Å². The summed E-state index contributed by atoms with van der Waals surface area (Å²) in [5.41, 5.74) is 0.125. The van der Waals surface area contributed by atoms with Gasteiger partial charge in [0.05, 0.1) is 27.4 Å². The molecule has 0 unspecified atom stereocenters. The number of nitro groups is 1. The Labute approximate surface area is 191 Å². The van der Waals surface area contributed by atoms with Gasteiger partial charge in [-0.05, 0) is 31.0 Å². The fraction of sp³-hybridized carbons (Fsp3) is 0.429. The number of amides is 1. The van der Waals surface area contributed by atoms with Gasteiger partial charge in [0.15, 0.2) is 0 Å². The van der Waals surface area contributed by atoms with E-state index in [1.807, 2.05) is 0 Å². The molecule has 1 aromatic heterocycles. The zero-order valence-corrected chi connectivity index (χ0v) is 19.4. The highest BCUT2D eigenvalue weighted by Gasteiger charge is 2.25. The maximum Gasteiger partial charge on any atom is 0.285 e. The van der Waals surface area contributed by atoms with Crippen LogP contribution in [0.5, 0.6) is 0 Å². The molecular weight excluding hydrogens is 450 g/mol. The number of rotatable bonds is 9. The molecule has 0 atom stereocenters. The lowest BCUT2D eigenvalue weighted by Gasteiger charge is -2.24. The van der Waals surface area contributed by atoms with E-state index in [0.717, 1.165) is 48.8 Å². The first-order valence-corrected chi connectivity index (χ1v) is 12.1. The molecule has 1 N–H and O–H groups in total. The molecule has 178 valence electrons. The number of sulfonamides is 1.